The summed E-state index contributed by atoms with van der Waals surface area (Å²) in [5.41, 5.74) is 4.74. The van der Waals surface area contributed by atoms with Crippen molar-refractivity contribution in [2.75, 3.05) is 5.32 Å². The van der Waals surface area contributed by atoms with Gasteiger partial charge >= 0.3 is 0 Å². The molecule has 0 aliphatic heterocycles. The number of nitrogens with one attached hydrogen (secondary N) is 3. The second-order valence-corrected chi connectivity index (χ2v) is 6.35. The van der Waals surface area contributed by atoms with E-state index in [2.05, 4.69) is 34.3 Å². The van der Waals surface area contributed by atoms with E-state index >= 15 is 0 Å². The Balaban J connectivity index is 1.68. The van der Waals surface area contributed by atoms with E-state index in [1.54, 1.807) is 24.7 Å². The largest absolute Gasteiger partial charge is 0.387 e. The molecule has 0 fully saturated rings. The Morgan fingerprint density at radius 1 is 1.03 bits per heavy atom. The molecule has 0 unspecified atom stereocenters. The predicted molar refractivity (Wildman–Crippen MR) is 118 cm³/mol. The number of allylic oxidation sites excluding steroid dienone is 1. The Bertz CT molecular complexity index is 1040. The highest BCUT2D eigenvalue weighted by atomic mass is 16.1. The van der Waals surface area contributed by atoms with E-state index < -0.39 is 0 Å². The van der Waals surface area contributed by atoms with E-state index in [0.717, 1.165) is 16.7 Å². The Morgan fingerprint density at radius 2 is 1.86 bits per heavy atom. The molecule has 0 saturated carbocycles. The van der Waals surface area contributed by atoms with Crippen molar-refractivity contribution in [3.8, 4) is 11.1 Å². The van der Waals surface area contributed by atoms with Crippen molar-refractivity contribution in [1.29, 1.82) is 5.41 Å². The molecule has 3 aromatic rings. The fourth-order valence-electron chi connectivity index (χ4n) is 2.74. The highest BCUT2D eigenvalue weighted by Gasteiger charge is 2.05. The zero-order chi connectivity index (χ0) is 20.5. The summed E-state index contributed by atoms with van der Waals surface area (Å²) in [6.07, 6.45) is 8.05. The first-order chi connectivity index (χ1) is 14.2. The number of rotatable bonds is 8. The lowest BCUT2D eigenvalue weighted by atomic mass is 10.0. The molecule has 0 bridgehead atoms. The van der Waals surface area contributed by atoms with Crippen LogP contribution in [-0.4, -0.2) is 16.6 Å². The molecule has 144 valence electrons. The van der Waals surface area contributed by atoms with Crippen LogP contribution < -0.4 is 10.6 Å². The van der Waals surface area contributed by atoms with E-state index in [1.165, 1.54) is 11.6 Å². The maximum absolute atomic E-state index is 11.5. The van der Waals surface area contributed by atoms with Gasteiger partial charge in [-0.1, -0.05) is 55.1 Å². The average Bonchev–Trinajstić information content (AvgIpc) is 2.77. The number of carbonyl (C=O) groups excluding carboxylic acids is 1. The molecule has 1 aromatic heterocycles. The van der Waals surface area contributed by atoms with E-state index in [9.17, 15) is 4.79 Å². The average molecular weight is 382 g/mol. The molecule has 5 nitrogen and oxygen atoms in total. The van der Waals surface area contributed by atoms with Crippen LogP contribution in [0.2, 0.25) is 0 Å². The molecule has 2 aromatic carbocycles. The van der Waals surface area contributed by atoms with Crippen LogP contribution in [0.25, 0.3) is 11.1 Å². The first kappa shape index (κ1) is 19.8. The lowest BCUT2D eigenvalue weighted by Crippen LogP contribution is -2.07. The van der Waals surface area contributed by atoms with Crippen molar-refractivity contribution >= 4 is 17.3 Å². The lowest BCUT2D eigenvalue weighted by Gasteiger charge is -2.07. The number of anilines is 1. The standard InChI is InChI=1S/C24H22N4O/c1-2-24(29)28-22-14-21(16-27-17-22)19-9-6-10-20(13-19)23(25)11-12-26-15-18-7-4-3-5-8-18/h2-14,16-17,25-26H,1,15H2,(H,28,29)/b12-11-,25-23?. The number of hydrogen-bond donors (Lipinski definition) is 3. The molecular weight excluding hydrogens is 360 g/mol. The number of carbonyl (C=O) groups is 1. The number of hydrogen-bond acceptors (Lipinski definition) is 4. The van der Waals surface area contributed by atoms with E-state index in [0.29, 0.717) is 17.9 Å². The van der Waals surface area contributed by atoms with Crippen LogP contribution in [0.15, 0.2) is 98.0 Å². The summed E-state index contributed by atoms with van der Waals surface area (Å²) < 4.78 is 0. The molecule has 1 amide bonds. The Labute approximate surface area is 170 Å². The van der Waals surface area contributed by atoms with Gasteiger partial charge in [-0.05, 0) is 41.6 Å². The molecule has 0 saturated heterocycles. The first-order valence-corrected chi connectivity index (χ1v) is 9.17. The molecular formula is C24H22N4O. The maximum atomic E-state index is 11.5. The summed E-state index contributed by atoms with van der Waals surface area (Å²) in [4.78, 5) is 15.7. The van der Waals surface area contributed by atoms with Crippen LogP contribution in [0, 0.1) is 5.41 Å². The number of pyridine rings is 1. The number of nitrogens with zero attached hydrogens (tertiary/aromatic N) is 1. The van der Waals surface area contributed by atoms with Crippen molar-refractivity contribution in [2.24, 2.45) is 0 Å². The quantitative estimate of drug-likeness (QED) is 0.395. The molecule has 1 heterocycles. The van der Waals surface area contributed by atoms with Gasteiger partial charge in [-0.3, -0.25) is 9.78 Å². The topological polar surface area (TPSA) is 77.9 Å². The van der Waals surface area contributed by atoms with Gasteiger partial charge in [-0.25, -0.2) is 0 Å². The maximum Gasteiger partial charge on any atom is 0.247 e. The molecule has 0 spiro atoms. The Kier molecular flexibility index (Phi) is 6.68. The van der Waals surface area contributed by atoms with Gasteiger partial charge in [-0.15, -0.1) is 0 Å². The number of aromatic nitrogens is 1. The number of benzene rings is 2. The smallest absolute Gasteiger partial charge is 0.247 e. The molecule has 0 aliphatic carbocycles. The second-order valence-electron chi connectivity index (χ2n) is 6.35. The van der Waals surface area contributed by atoms with Crippen LogP contribution in [0.1, 0.15) is 11.1 Å². The molecule has 29 heavy (non-hydrogen) atoms. The third-order valence-corrected chi connectivity index (χ3v) is 4.21. The van der Waals surface area contributed by atoms with E-state index in [-0.39, 0.29) is 5.91 Å². The molecule has 5 heteroatoms. The third-order valence-electron chi connectivity index (χ3n) is 4.21. The first-order valence-electron chi connectivity index (χ1n) is 9.17. The Morgan fingerprint density at radius 3 is 2.66 bits per heavy atom. The molecule has 0 atom stereocenters. The zero-order valence-corrected chi connectivity index (χ0v) is 15.9. The predicted octanol–water partition coefficient (Wildman–Crippen LogP) is 4.54. The number of amides is 1. The molecule has 0 radical (unpaired) electrons. The minimum absolute atomic E-state index is 0.285. The van der Waals surface area contributed by atoms with Gasteiger partial charge < -0.3 is 16.0 Å². The van der Waals surface area contributed by atoms with Crippen LogP contribution in [0.5, 0.6) is 0 Å². The summed E-state index contributed by atoms with van der Waals surface area (Å²) in [6, 6.07) is 19.6. The SMILES string of the molecule is C=CC(=O)Nc1cncc(-c2cccc(C(=N)/C=C\NCc3ccccc3)c2)c1. The highest BCUT2D eigenvalue weighted by molar-refractivity contribution is 6.07. The van der Waals surface area contributed by atoms with Crippen molar-refractivity contribution in [3.63, 3.8) is 0 Å². The minimum Gasteiger partial charge on any atom is -0.387 e. The second kappa shape index (κ2) is 9.80. The summed E-state index contributed by atoms with van der Waals surface area (Å²) in [6.45, 7) is 4.16. The van der Waals surface area contributed by atoms with Crippen molar-refractivity contribution in [3.05, 3.63) is 109 Å². The van der Waals surface area contributed by atoms with Gasteiger partial charge in [-0.2, -0.15) is 0 Å². The van der Waals surface area contributed by atoms with Crippen molar-refractivity contribution < 1.29 is 4.79 Å². The summed E-state index contributed by atoms with van der Waals surface area (Å²) in [5.74, 6) is -0.285. The van der Waals surface area contributed by atoms with Crippen LogP contribution in [0.4, 0.5) is 5.69 Å². The molecule has 0 aliphatic rings. The zero-order valence-electron chi connectivity index (χ0n) is 15.9. The van der Waals surface area contributed by atoms with Gasteiger partial charge in [0.15, 0.2) is 0 Å². The lowest BCUT2D eigenvalue weighted by molar-refractivity contribution is -0.111. The summed E-state index contributed by atoms with van der Waals surface area (Å²) in [7, 11) is 0. The van der Waals surface area contributed by atoms with Crippen molar-refractivity contribution in [2.45, 2.75) is 6.54 Å². The van der Waals surface area contributed by atoms with Crippen LogP contribution >= 0.6 is 0 Å². The Hall–Kier alpha value is -3.99. The monoisotopic (exact) mass is 382 g/mol. The van der Waals surface area contributed by atoms with Crippen LogP contribution in [0.3, 0.4) is 0 Å². The minimum atomic E-state index is -0.285. The fraction of sp³-hybridized carbons (Fsp3) is 0.0417. The molecule has 3 N–H and O–H groups in total. The van der Waals surface area contributed by atoms with Crippen LogP contribution in [-0.2, 0) is 11.3 Å². The van der Waals surface area contributed by atoms with Crippen molar-refractivity contribution in [1.82, 2.24) is 10.3 Å². The van der Waals surface area contributed by atoms with Gasteiger partial charge in [0.1, 0.15) is 0 Å². The highest BCUT2D eigenvalue weighted by Crippen LogP contribution is 2.23. The normalized spacial score (nSPS) is 10.5. The third kappa shape index (κ3) is 5.74. The summed E-state index contributed by atoms with van der Waals surface area (Å²) in [5, 5.41) is 14.2. The van der Waals surface area contributed by atoms with Gasteiger partial charge in [0.25, 0.3) is 0 Å². The van der Waals surface area contributed by atoms with E-state index in [4.69, 9.17) is 5.41 Å². The summed E-state index contributed by atoms with van der Waals surface area (Å²) >= 11 is 0. The van der Waals surface area contributed by atoms with Gasteiger partial charge in [0.05, 0.1) is 17.6 Å². The fourth-order valence-corrected chi connectivity index (χ4v) is 2.74. The van der Waals surface area contributed by atoms with Gasteiger partial charge in [0, 0.05) is 23.9 Å². The van der Waals surface area contributed by atoms with E-state index in [1.807, 2.05) is 48.5 Å². The van der Waals surface area contributed by atoms with Gasteiger partial charge in [0.2, 0.25) is 5.91 Å². The molecule has 3 rings (SSSR count).